The summed E-state index contributed by atoms with van der Waals surface area (Å²) in [5.41, 5.74) is 0. The van der Waals surface area contributed by atoms with Gasteiger partial charge in [-0.1, -0.05) is 26.0 Å². The molecule has 2 fully saturated rings. The summed E-state index contributed by atoms with van der Waals surface area (Å²) in [6.07, 6.45) is 3.00. The van der Waals surface area contributed by atoms with Crippen molar-refractivity contribution in [2.45, 2.75) is 56.6 Å². The number of hydrogen-bond acceptors (Lipinski definition) is 4. The SMILES string of the molecule is CC(C)CN1[C@@H]2CCN(C(=O)C3CC3)CC[C@H]2Oc2ccccc2S1(=O)=O. The van der Waals surface area contributed by atoms with Crippen molar-refractivity contribution < 1.29 is 17.9 Å². The molecule has 4 rings (SSSR count). The maximum absolute atomic E-state index is 13.4. The minimum Gasteiger partial charge on any atom is -0.487 e. The van der Waals surface area contributed by atoms with E-state index in [0.717, 1.165) is 12.8 Å². The summed E-state index contributed by atoms with van der Waals surface area (Å²) in [4.78, 5) is 14.7. The molecule has 2 aliphatic heterocycles. The standard InChI is InChI=1S/C20H28N2O4S/c1-14(2)13-22-16-9-11-21(20(23)15-7-8-15)12-10-17(16)26-18-5-3-4-6-19(18)27(22,24)25/h3-6,14-17H,7-13H2,1-2H3/t16-,17-/m1/s1. The maximum Gasteiger partial charge on any atom is 0.247 e. The molecule has 6 nitrogen and oxygen atoms in total. The van der Waals surface area contributed by atoms with Crippen LogP contribution in [0.25, 0.3) is 0 Å². The zero-order valence-corrected chi connectivity index (χ0v) is 16.8. The molecule has 1 saturated carbocycles. The first-order valence-electron chi connectivity index (χ1n) is 9.94. The van der Waals surface area contributed by atoms with Crippen LogP contribution in [0, 0.1) is 11.8 Å². The number of carbonyl (C=O) groups excluding carboxylic acids is 1. The van der Waals surface area contributed by atoms with E-state index in [9.17, 15) is 13.2 Å². The molecule has 3 aliphatic rings. The fraction of sp³-hybridized carbons (Fsp3) is 0.650. The third-order valence-electron chi connectivity index (χ3n) is 5.67. The van der Waals surface area contributed by atoms with Gasteiger partial charge in [0.2, 0.25) is 15.9 Å². The molecule has 27 heavy (non-hydrogen) atoms. The molecule has 2 atom stereocenters. The van der Waals surface area contributed by atoms with E-state index in [0.29, 0.717) is 38.2 Å². The van der Waals surface area contributed by atoms with E-state index in [2.05, 4.69) is 0 Å². The van der Waals surface area contributed by atoms with Crippen molar-refractivity contribution in [2.24, 2.45) is 11.8 Å². The molecule has 1 saturated heterocycles. The van der Waals surface area contributed by atoms with Crippen LogP contribution >= 0.6 is 0 Å². The molecular weight excluding hydrogens is 364 g/mol. The van der Waals surface area contributed by atoms with Gasteiger partial charge in [-0.05, 0) is 37.3 Å². The maximum atomic E-state index is 13.4. The predicted molar refractivity (Wildman–Crippen MR) is 102 cm³/mol. The van der Waals surface area contributed by atoms with Gasteiger partial charge in [-0.3, -0.25) is 4.79 Å². The fourth-order valence-corrected chi connectivity index (χ4v) is 6.12. The number of likely N-dealkylation sites (tertiary alicyclic amines) is 1. The molecule has 0 aromatic heterocycles. The molecule has 0 spiro atoms. The van der Waals surface area contributed by atoms with Gasteiger partial charge < -0.3 is 9.64 Å². The summed E-state index contributed by atoms with van der Waals surface area (Å²) in [6, 6.07) is 6.67. The van der Waals surface area contributed by atoms with Crippen LogP contribution in [0.15, 0.2) is 29.2 Å². The number of carbonyl (C=O) groups is 1. The number of rotatable bonds is 3. The molecular formula is C20H28N2O4S. The Kier molecular flexibility index (Phi) is 4.93. The van der Waals surface area contributed by atoms with Crippen LogP contribution in [0.3, 0.4) is 0 Å². The molecule has 7 heteroatoms. The van der Waals surface area contributed by atoms with E-state index in [1.54, 1.807) is 28.6 Å². The van der Waals surface area contributed by atoms with Crippen LogP contribution < -0.4 is 4.74 Å². The van der Waals surface area contributed by atoms with Gasteiger partial charge in [-0.25, -0.2) is 8.42 Å². The Morgan fingerprint density at radius 2 is 1.85 bits per heavy atom. The van der Waals surface area contributed by atoms with Gasteiger partial charge in [-0.15, -0.1) is 0 Å². The van der Waals surface area contributed by atoms with E-state index in [-0.39, 0.29) is 34.8 Å². The van der Waals surface area contributed by atoms with Gasteiger partial charge in [0.15, 0.2) is 0 Å². The van der Waals surface area contributed by atoms with Crippen LogP contribution in [-0.4, -0.2) is 55.3 Å². The van der Waals surface area contributed by atoms with Crippen LogP contribution in [0.1, 0.15) is 39.5 Å². The smallest absolute Gasteiger partial charge is 0.247 e. The summed E-state index contributed by atoms with van der Waals surface area (Å²) in [5.74, 6) is 1.05. The fourth-order valence-electron chi connectivity index (χ4n) is 4.16. The third-order valence-corrected chi connectivity index (χ3v) is 7.61. The molecule has 1 aromatic carbocycles. The summed E-state index contributed by atoms with van der Waals surface area (Å²) < 4.78 is 34.7. The zero-order valence-electron chi connectivity index (χ0n) is 16.0. The van der Waals surface area contributed by atoms with Gasteiger partial charge in [0.05, 0.1) is 6.04 Å². The monoisotopic (exact) mass is 392 g/mol. The minimum absolute atomic E-state index is 0.185. The molecule has 0 unspecified atom stereocenters. The van der Waals surface area contributed by atoms with Gasteiger partial charge in [-0.2, -0.15) is 4.31 Å². The number of nitrogens with zero attached hydrogens (tertiary/aromatic N) is 2. The van der Waals surface area contributed by atoms with Crippen LogP contribution in [-0.2, 0) is 14.8 Å². The van der Waals surface area contributed by atoms with E-state index >= 15 is 0 Å². The quantitative estimate of drug-likeness (QED) is 0.793. The normalized spacial score (nSPS) is 27.9. The van der Waals surface area contributed by atoms with Crippen molar-refractivity contribution in [1.82, 2.24) is 9.21 Å². The lowest BCUT2D eigenvalue weighted by Gasteiger charge is -2.32. The summed E-state index contributed by atoms with van der Waals surface area (Å²) in [6.45, 7) is 5.75. The molecule has 1 aliphatic carbocycles. The second kappa shape index (κ2) is 7.09. The number of hydrogen-bond donors (Lipinski definition) is 0. The van der Waals surface area contributed by atoms with Crippen molar-refractivity contribution >= 4 is 15.9 Å². The second-order valence-corrected chi connectivity index (χ2v) is 10.2. The summed E-state index contributed by atoms with van der Waals surface area (Å²) in [5, 5.41) is 0. The Balaban J connectivity index is 1.69. The highest BCUT2D eigenvalue weighted by atomic mass is 32.2. The lowest BCUT2D eigenvalue weighted by atomic mass is 10.0. The molecule has 0 radical (unpaired) electrons. The number of sulfonamides is 1. The highest BCUT2D eigenvalue weighted by Crippen LogP contribution is 2.38. The second-order valence-electron chi connectivity index (χ2n) is 8.32. The largest absolute Gasteiger partial charge is 0.487 e. The topological polar surface area (TPSA) is 66.9 Å². The van der Waals surface area contributed by atoms with Crippen molar-refractivity contribution in [1.29, 1.82) is 0 Å². The zero-order chi connectivity index (χ0) is 19.2. The van der Waals surface area contributed by atoms with Gasteiger partial charge in [0.1, 0.15) is 16.7 Å². The Labute approximate surface area is 161 Å². The molecule has 2 heterocycles. The number of benzene rings is 1. The number of para-hydroxylation sites is 1. The summed E-state index contributed by atoms with van der Waals surface area (Å²) in [7, 11) is -3.64. The summed E-state index contributed by atoms with van der Waals surface area (Å²) >= 11 is 0. The third kappa shape index (κ3) is 3.59. The van der Waals surface area contributed by atoms with Gasteiger partial charge in [0, 0.05) is 32.0 Å². The van der Waals surface area contributed by atoms with Crippen molar-refractivity contribution in [3.05, 3.63) is 24.3 Å². The Morgan fingerprint density at radius 1 is 1.15 bits per heavy atom. The highest BCUT2D eigenvalue weighted by Gasteiger charge is 2.44. The first-order chi connectivity index (χ1) is 12.9. The Hall–Kier alpha value is -1.60. The molecule has 148 valence electrons. The van der Waals surface area contributed by atoms with E-state index in [1.165, 1.54) is 0 Å². The van der Waals surface area contributed by atoms with Crippen LogP contribution in [0.5, 0.6) is 5.75 Å². The van der Waals surface area contributed by atoms with E-state index < -0.39 is 10.0 Å². The van der Waals surface area contributed by atoms with Crippen LogP contribution in [0.4, 0.5) is 0 Å². The van der Waals surface area contributed by atoms with Gasteiger partial charge >= 0.3 is 0 Å². The first kappa shape index (κ1) is 18.7. The van der Waals surface area contributed by atoms with E-state index in [1.807, 2.05) is 18.7 Å². The predicted octanol–water partition coefficient (Wildman–Crippen LogP) is 2.50. The molecule has 1 amide bonds. The number of ether oxygens (including phenoxy) is 1. The Morgan fingerprint density at radius 3 is 2.56 bits per heavy atom. The van der Waals surface area contributed by atoms with Crippen LogP contribution in [0.2, 0.25) is 0 Å². The van der Waals surface area contributed by atoms with Crippen molar-refractivity contribution in [3.8, 4) is 5.75 Å². The minimum atomic E-state index is -3.64. The number of amides is 1. The molecule has 0 bridgehead atoms. The van der Waals surface area contributed by atoms with Gasteiger partial charge in [0.25, 0.3) is 0 Å². The van der Waals surface area contributed by atoms with Crippen molar-refractivity contribution in [2.75, 3.05) is 19.6 Å². The number of fused-ring (bicyclic) bond motifs is 2. The lowest BCUT2D eigenvalue weighted by molar-refractivity contribution is -0.132. The lowest BCUT2D eigenvalue weighted by Crippen LogP contribution is -2.48. The average Bonchev–Trinajstić information content (AvgIpc) is 3.47. The van der Waals surface area contributed by atoms with E-state index in [4.69, 9.17) is 4.74 Å². The highest BCUT2D eigenvalue weighted by molar-refractivity contribution is 7.89. The Bertz CT molecular complexity index is 819. The molecule has 1 aromatic rings. The molecule has 0 N–H and O–H groups in total. The van der Waals surface area contributed by atoms with Crippen molar-refractivity contribution in [3.63, 3.8) is 0 Å². The average molecular weight is 393 g/mol. The first-order valence-corrected chi connectivity index (χ1v) is 11.4.